The maximum atomic E-state index is 12.3. The minimum absolute atomic E-state index is 0.276. The van der Waals surface area contributed by atoms with Crippen LogP contribution in [0.3, 0.4) is 0 Å². The monoisotopic (exact) mass is 523 g/mol. The Kier molecular flexibility index (Phi) is 6.51. The molecule has 0 unspecified atom stereocenters. The zero-order chi connectivity index (χ0) is 21.8. The second-order valence-electron chi connectivity index (χ2n) is 7.60. The summed E-state index contributed by atoms with van der Waals surface area (Å²) in [5, 5.41) is 0. The number of hydrogen-bond donors (Lipinski definition) is 0. The van der Waals surface area contributed by atoms with E-state index in [1.165, 1.54) is 9.13 Å². The van der Waals surface area contributed by atoms with Crippen molar-refractivity contribution >= 4 is 40.5 Å². The van der Waals surface area contributed by atoms with E-state index in [-0.39, 0.29) is 5.70 Å². The van der Waals surface area contributed by atoms with Gasteiger partial charge in [0.05, 0.1) is 0 Å². The molecule has 4 rings (SSSR count). The van der Waals surface area contributed by atoms with Gasteiger partial charge in [-0.15, -0.1) is 0 Å². The minimum Gasteiger partial charge on any atom is -0.489 e. The van der Waals surface area contributed by atoms with E-state index in [1.54, 1.807) is 6.08 Å². The largest absolute Gasteiger partial charge is 0.489 e. The highest BCUT2D eigenvalue weighted by atomic mass is 127. The third-order valence-electron chi connectivity index (χ3n) is 4.93. The molecule has 1 heterocycles. The van der Waals surface area contributed by atoms with Crippen molar-refractivity contribution in [3.05, 3.63) is 104 Å². The first-order valence-corrected chi connectivity index (χ1v) is 11.2. The molecule has 0 amide bonds. The lowest BCUT2D eigenvalue weighted by Crippen LogP contribution is -2.05. The SMILES string of the molecule is CC(C)c1ccc(C2=N/C(=C\c3cccc(OCc4ccc(I)cc4)c3)C(=O)O2)cc1. The quantitative estimate of drug-likeness (QED) is 0.215. The zero-order valence-corrected chi connectivity index (χ0v) is 19.5. The number of benzene rings is 3. The van der Waals surface area contributed by atoms with E-state index in [1.807, 2.05) is 60.7 Å². The molecule has 0 aromatic heterocycles. The van der Waals surface area contributed by atoms with Gasteiger partial charge >= 0.3 is 5.97 Å². The zero-order valence-electron chi connectivity index (χ0n) is 17.3. The van der Waals surface area contributed by atoms with Crippen molar-refractivity contribution in [1.82, 2.24) is 0 Å². The Morgan fingerprint density at radius 2 is 1.77 bits per heavy atom. The number of carbonyl (C=O) groups is 1. The smallest absolute Gasteiger partial charge is 0.363 e. The topological polar surface area (TPSA) is 47.9 Å². The van der Waals surface area contributed by atoms with Gasteiger partial charge in [0, 0.05) is 9.13 Å². The molecule has 31 heavy (non-hydrogen) atoms. The Morgan fingerprint density at radius 1 is 1.03 bits per heavy atom. The van der Waals surface area contributed by atoms with Crippen molar-refractivity contribution in [2.45, 2.75) is 26.4 Å². The molecule has 156 valence electrons. The highest BCUT2D eigenvalue weighted by Crippen LogP contribution is 2.23. The summed E-state index contributed by atoms with van der Waals surface area (Å²) in [5.41, 5.74) is 4.22. The highest BCUT2D eigenvalue weighted by molar-refractivity contribution is 14.1. The van der Waals surface area contributed by atoms with Crippen molar-refractivity contribution in [3.63, 3.8) is 0 Å². The first-order valence-electron chi connectivity index (χ1n) is 10.1. The lowest BCUT2D eigenvalue weighted by molar-refractivity contribution is -0.129. The van der Waals surface area contributed by atoms with Crippen LogP contribution >= 0.6 is 22.6 Å². The molecule has 0 N–H and O–H groups in total. The Bertz CT molecular complexity index is 1150. The van der Waals surface area contributed by atoms with Crippen LogP contribution in [0.15, 0.2) is 83.5 Å². The van der Waals surface area contributed by atoms with Gasteiger partial charge in [-0.3, -0.25) is 0 Å². The van der Waals surface area contributed by atoms with Gasteiger partial charge in [-0.05, 0) is 87.7 Å². The van der Waals surface area contributed by atoms with E-state index in [2.05, 4.69) is 53.6 Å². The number of halogens is 1. The fourth-order valence-corrected chi connectivity index (χ4v) is 3.50. The van der Waals surface area contributed by atoms with Crippen LogP contribution in [0, 0.1) is 3.57 Å². The second kappa shape index (κ2) is 9.47. The van der Waals surface area contributed by atoms with Gasteiger partial charge in [0.2, 0.25) is 5.90 Å². The summed E-state index contributed by atoms with van der Waals surface area (Å²) < 4.78 is 12.5. The molecule has 0 saturated heterocycles. The van der Waals surface area contributed by atoms with Gasteiger partial charge in [-0.25, -0.2) is 9.79 Å². The summed E-state index contributed by atoms with van der Waals surface area (Å²) in [7, 11) is 0. The first kappa shape index (κ1) is 21.3. The average molecular weight is 523 g/mol. The van der Waals surface area contributed by atoms with E-state index in [9.17, 15) is 4.79 Å². The van der Waals surface area contributed by atoms with Gasteiger partial charge in [-0.2, -0.15) is 0 Å². The van der Waals surface area contributed by atoms with Crippen molar-refractivity contribution in [3.8, 4) is 5.75 Å². The van der Waals surface area contributed by atoms with Gasteiger partial charge in [0.15, 0.2) is 5.70 Å². The third-order valence-corrected chi connectivity index (χ3v) is 5.64. The van der Waals surface area contributed by atoms with Crippen molar-refractivity contribution in [2.75, 3.05) is 0 Å². The molecule has 4 nitrogen and oxygen atoms in total. The Morgan fingerprint density at radius 3 is 2.48 bits per heavy atom. The summed E-state index contributed by atoms with van der Waals surface area (Å²) in [4.78, 5) is 16.7. The van der Waals surface area contributed by atoms with Crippen molar-refractivity contribution in [2.24, 2.45) is 4.99 Å². The second-order valence-corrected chi connectivity index (χ2v) is 8.85. The minimum atomic E-state index is -0.451. The van der Waals surface area contributed by atoms with Crippen LogP contribution in [0.2, 0.25) is 0 Å². The summed E-state index contributed by atoms with van der Waals surface area (Å²) in [6, 6.07) is 23.7. The number of esters is 1. The third kappa shape index (κ3) is 5.41. The standard InChI is InChI=1S/C26H22INO3/c1-17(2)20-8-10-21(11-9-20)25-28-24(26(29)31-25)15-19-4-3-5-23(14-19)30-16-18-6-12-22(27)13-7-18/h3-15,17H,16H2,1-2H3/b24-15-. The maximum absolute atomic E-state index is 12.3. The molecule has 3 aromatic rings. The van der Waals surface area contributed by atoms with Gasteiger partial charge in [-0.1, -0.05) is 50.2 Å². The molecule has 1 aliphatic rings. The molecule has 0 bridgehead atoms. The van der Waals surface area contributed by atoms with Gasteiger partial charge in [0.25, 0.3) is 0 Å². The Balaban J connectivity index is 1.49. The summed E-state index contributed by atoms with van der Waals surface area (Å²) in [6.45, 7) is 4.76. The normalized spacial score (nSPS) is 14.6. The van der Waals surface area contributed by atoms with Gasteiger partial charge in [0.1, 0.15) is 12.4 Å². The molecule has 0 saturated carbocycles. The fraction of sp³-hybridized carbons (Fsp3) is 0.154. The summed E-state index contributed by atoms with van der Waals surface area (Å²) in [6.07, 6.45) is 1.72. The summed E-state index contributed by atoms with van der Waals surface area (Å²) >= 11 is 2.28. The van der Waals surface area contributed by atoms with E-state index < -0.39 is 5.97 Å². The molecule has 1 aliphatic heterocycles. The van der Waals surface area contributed by atoms with Crippen molar-refractivity contribution < 1.29 is 14.3 Å². The molecule has 0 atom stereocenters. The van der Waals surface area contributed by atoms with E-state index >= 15 is 0 Å². The highest BCUT2D eigenvalue weighted by Gasteiger charge is 2.24. The predicted octanol–water partition coefficient (Wildman–Crippen LogP) is 6.34. The number of carbonyl (C=O) groups excluding carboxylic acids is 1. The number of aliphatic imine (C=N–C) groups is 1. The number of hydrogen-bond acceptors (Lipinski definition) is 4. The summed E-state index contributed by atoms with van der Waals surface area (Å²) in [5.74, 6) is 1.05. The number of nitrogens with zero attached hydrogens (tertiary/aromatic N) is 1. The van der Waals surface area contributed by atoms with Crippen LogP contribution in [0.1, 0.15) is 42.0 Å². The number of ether oxygens (including phenoxy) is 2. The van der Waals surface area contributed by atoms with Gasteiger partial charge < -0.3 is 9.47 Å². The molecule has 0 spiro atoms. The molecular weight excluding hydrogens is 501 g/mol. The average Bonchev–Trinajstić information content (AvgIpc) is 3.14. The lowest BCUT2D eigenvalue weighted by atomic mass is 10.0. The lowest BCUT2D eigenvalue weighted by Gasteiger charge is -2.07. The van der Waals surface area contributed by atoms with Crippen LogP contribution in [0.25, 0.3) is 6.08 Å². The van der Waals surface area contributed by atoms with E-state index in [0.717, 1.165) is 22.4 Å². The fourth-order valence-electron chi connectivity index (χ4n) is 3.14. The van der Waals surface area contributed by atoms with E-state index in [4.69, 9.17) is 9.47 Å². The molecule has 0 radical (unpaired) electrons. The molecular formula is C26H22INO3. The van der Waals surface area contributed by atoms with Crippen LogP contribution in [-0.4, -0.2) is 11.9 Å². The Labute approximate surface area is 195 Å². The molecule has 3 aromatic carbocycles. The first-order chi connectivity index (χ1) is 15.0. The maximum Gasteiger partial charge on any atom is 0.363 e. The van der Waals surface area contributed by atoms with Crippen LogP contribution < -0.4 is 4.74 Å². The Hall–Kier alpha value is -2.93. The van der Waals surface area contributed by atoms with Crippen molar-refractivity contribution in [1.29, 1.82) is 0 Å². The molecule has 0 fully saturated rings. The van der Waals surface area contributed by atoms with Crippen LogP contribution in [0.4, 0.5) is 0 Å². The van der Waals surface area contributed by atoms with E-state index in [0.29, 0.717) is 18.4 Å². The van der Waals surface area contributed by atoms with Crippen LogP contribution in [-0.2, 0) is 16.1 Å². The molecule has 0 aliphatic carbocycles. The van der Waals surface area contributed by atoms with Crippen LogP contribution in [0.5, 0.6) is 5.75 Å². The number of rotatable bonds is 6. The molecule has 5 heteroatoms. The number of cyclic esters (lactones) is 1. The predicted molar refractivity (Wildman–Crippen MR) is 131 cm³/mol.